The van der Waals surface area contributed by atoms with Crippen molar-refractivity contribution in [2.45, 2.75) is 13.8 Å². The van der Waals surface area contributed by atoms with E-state index in [1.807, 2.05) is 38.1 Å². The Morgan fingerprint density at radius 3 is 1.75 bits per heavy atom. The van der Waals surface area contributed by atoms with Gasteiger partial charge >= 0.3 is 0 Å². The van der Waals surface area contributed by atoms with Crippen LogP contribution in [0, 0.1) is 13.8 Å². The molecule has 0 saturated heterocycles. The molecule has 0 aliphatic heterocycles. The van der Waals surface area contributed by atoms with Gasteiger partial charge in [0.1, 0.15) is 11.5 Å². The van der Waals surface area contributed by atoms with Crippen LogP contribution in [-0.4, -0.2) is 10.2 Å². The Kier molecular flexibility index (Phi) is 2.57. The van der Waals surface area contributed by atoms with Crippen molar-refractivity contribution < 1.29 is 10.2 Å². The summed E-state index contributed by atoms with van der Waals surface area (Å²) in [6.45, 7) is 3.83. The van der Waals surface area contributed by atoms with Gasteiger partial charge in [-0.2, -0.15) is 0 Å². The van der Waals surface area contributed by atoms with Crippen LogP contribution in [0.3, 0.4) is 0 Å². The molecule has 0 spiro atoms. The Morgan fingerprint density at radius 2 is 1.25 bits per heavy atom. The summed E-state index contributed by atoms with van der Waals surface area (Å²) < 4.78 is 0. The highest BCUT2D eigenvalue weighted by Crippen LogP contribution is 2.37. The first-order chi connectivity index (χ1) is 7.58. The lowest BCUT2D eigenvalue weighted by molar-refractivity contribution is 0.453. The first-order valence-corrected chi connectivity index (χ1v) is 5.17. The molecule has 0 radical (unpaired) electrons. The summed E-state index contributed by atoms with van der Waals surface area (Å²) in [5.41, 5.74) is 3.30. The van der Waals surface area contributed by atoms with Crippen molar-refractivity contribution in [3.05, 3.63) is 47.5 Å². The highest BCUT2D eigenvalue weighted by Gasteiger charge is 2.10. The maximum Gasteiger partial charge on any atom is 0.127 e. The van der Waals surface area contributed by atoms with Crippen molar-refractivity contribution in [1.82, 2.24) is 0 Å². The molecular formula is C14H14O2. The summed E-state index contributed by atoms with van der Waals surface area (Å²) in [4.78, 5) is 0. The van der Waals surface area contributed by atoms with Crippen LogP contribution in [0.25, 0.3) is 11.1 Å². The average molecular weight is 214 g/mol. The number of hydrogen-bond donors (Lipinski definition) is 2. The zero-order valence-corrected chi connectivity index (χ0v) is 9.36. The van der Waals surface area contributed by atoms with Crippen LogP contribution in [0.2, 0.25) is 0 Å². The van der Waals surface area contributed by atoms with Crippen molar-refractivity contribution in [2.75, 3.05) is 0 Å². The van der Waals surface area contributed by atoms with E-state index in [2.05, 4.69) is 0 Å². The predicted molar refractivity (Wildman–Crippen MR) is 64.7 cm³/mol. The van der Waals surface area contributed by atoms with E-state index >= 15 is 0 Å². The Morgan fingerprint density at radius 1 is 0.750 bits per heavy atom. The Balaban J connectivity index is 2.60. The molecule has 0 fully saturated rings. The van der Waals surface area contributed by atoms with Crippen molar-refractivity contribution in [3.63, 3.8) is 0 Å². The maximum absolute atomic E-state index is 9.83. The van der Waals surface area contributed by atoms with Crippen LogP contribution in [0.5, 0.6) is 11.5 Å². The molecule has 0 amide bonds. The lowest BCUT2D eigenvalue weighted by atomic mass is 10.0. The summed E-state index contributed by atoms with van der Waals surface area (Å²) in [6, 6.07) is 11.0. The van der Waals surface area contributed by atoms with Crippen LogP contribution in [-0.2, 0) is 0 Å². The molecule has 2 heteroatoms. The molecule has 0 heterocycles. The topological polar surface area (TPSA) is 40.5 Å². The van der Waals surface area contributed by atoms with E-state index in [4.69, 9.17) is 0 Å². The van der Waals surface area contributed by atoms with Crippen molar-refractivity contribution in [3.8, 4) is 22.6 Å². The second kappa shape index (κ2) is 3.89. The van der Waals surface area contributed by atoms with Crippen LogP contribution < -0.4 is 0 Å². The molecule has 0 saturated carbocycles. The van der Waals surface area contributed by atoms with Crippen LogP contribution in [0.15, 0.2) is 36.4 Å². The zero-order chi connectivity index (χ0) is 11.7. The van der Waals surface area contributed by atoms with E-state index in [0.717, 1.165) is 16.7 Å². The molecule has 2 N–H and O–H groups in total. The predicted octanol–water partition coefficient (Wildman–Crippen LogP) is 3.38. The molecular weight excluding hydrogens is 200 g/mol. The molecule has 2 aromatic rings. The molecule has 0 aliphatic carbocycles. The quantitative estimate of drug-likeness (QED) is 0.764. The van der Waals surface area contributed by atoms with E-state index in [1.54, 1.807) is 12.1 Å². The van der Waals surface area contributed by atoms with Crippen molar-refractivity contribution in [1.29, 1.82) is 0 Å². The van der Waals surface area contributed by atoms with E-state index in [9.17, 15) is 10.2 Å². The number of benzene rings is 2. The lowest BCUT2D eigenvalue weighted by Crippen LogP contribution is -1.83. The molecule has 0 unspecified atom stereocenters. The second-order valence-corrected chi connectivity index (χ2v) is 4.04. The summed E-state index contributed by atoms with van der Waals surface area (Å²) in [7, 11) is 0. The zero-order valence-electron chi connectivity index (χ0n) is 9.36. The minimum Gasteiger partial charge on any atom is -0.507 e. The number of aryl methyl sites for hydroxylation is 2. The fourth-order valence-electron chi connectivity index (χ4n) is 1.76. The van der Waals surface area contributed by atoms with Crippen molar-refractivity contribution >= 4 is 0 Å². The smallest absolute Gasteiger partial charge is 0.127 e. The first-order valence-electron chi connectivity index (χ1n) is 5.17. The number of phenols is 2. The van der Waals surface area contributed by atoms with Crippen LogP contribution in [0.4, 0.5) is 0 Å². The van der Waals surface area contributed by atoms with Gasteiger partial charge in [0.15, 0.2) is 0 Å². The lowest BCUT2D eigenvalue weighted by Gasteiger charge is -2.09. The van der Waals surface area contributed by atoms with Gasteiger partial charge in [-0.25, -0.2) is 0 Å². The van der Waals surface area contributed by atoms with E-state index in [0.29, 0.717) is 5.56 Å². The molecule has 2 nitrogen and oxygen atoms in total. The van der Waals surface area contributed by atoms with Gasteiger partial charge in [-0.05, 0) is 37.1 Å². The standard InChI is InChI=1S/C14H14O2/c1-9-3-5-11(6-4-9)14-12(15)7-10(2)8-13(14)16/h3-8,15-16H,1-2H3. The van der Waals surface area contributed by atoms with Gasteiger partial charge < -0.3 is 10.2 Å². The largest absolute Gasteiger partial charge is 0.507 e. The molecule has 16 heavy (non-hydrogen) atoms. The minimum atomic E-state index is 0.112. The maximum atomic E-state index is 9.83. The van der Waals surface area contributed by atoms with E-state index in [1.165, 1.54) is 0 Å². The van der Waals surface area contributed by atoms with Crippen LogP contribution in [0.1, 0.15) is 11.1 Å². The monoisotopic (exact) mass is 214 g/mol. The van der Waals surface area contributed by atoms with Gasteiger partial charge in [-0.1, -0.05) is 29.8 Å². The van der Waals surface area contributed by atoms with Gasteiger partial charge in [-0.15, -0.1) is 0 Å². The van der Waals surface area contributed by atoms with Gasteiger partial charge in [0.2, 0.25) is 0 Å². The molecule has 2 aromatic carbocycles. The summed E-state index contributed by atoms with van der Waals surface area (Å²) >= 11 is 0. The average Bonchev–Trinajstić information content (AvgIpc) is 2.19. The summed E-state index contributed by atoms with van der Waals surface area (Å²) in [5.74, 6) is 0.225. The highest BCUT2D eigenvalue weighted by atomic mass is 16.3. The normalized spacial score (nSPS) is 10.4. The second-order valence-electron chi connectivity index (χ2n) is 4.04. The highest BCUT2D eigenvalue weighted by molar-refractivity contribution is 5.76. The summed E-state index contributed by atoms with van der Waals surface area (Å²) in [6.07, 6.45) is 0. The van der Waals surface area contributed by atoms with Gasteiger partial charge in [0.25, 0.3) is 0 Å². The van der Waals surface area contributed by atoms with Gasteiger partial charge in [0, 0.05) is 0 Å². The minimum absolute atomic E-state index is 0.112. The SMILES string of the molecule is Cc1ccc(-c2c(O)cc(C)cc2O)cc1. The molecule has 0 atom stereocenters. The Bertz CT molecular complexity index is 490. The third-order valence-electron chi connectivity index (χ3n) is 2.58. The van der Waals surface area contributed by atoms with Crippen molar-refractivity contribution in [2.24, 2.45) is 0 Å². The Labute approximate surface area is 94.8 Å². The fraction of sp³-hybridized carbons (Fsp3) is 0.143. The first kappa shape index (κ1) is 10.6. The Hall–Kier alpha value is -1.96. The number of rotatable bonds is 1. The number of hydrogen-bond acceptors (Lipinski definition) is 2. The third-order valence-corrected chi connectivity index (χ3v) is 2.58. The van der Waals surface area contributed by atoms with E-state index < -0.39 is 0 Å². The molecule has 0 aromatic heterocycles. The molecule has 82 valence electrons. The molecule has 0 bridgehead atoms. The fourth-order valence-corrected chi connectivity index (χ4v) is 1.76. The van der Waals surface area contributed by atoms with Gasteiger partial charge in [0.05, 0.1) is 5.56 Å². The number of phenolic OH excluding ortho intramolecular Hbond substituents is 2. The third kappa shape index (κ3) is 1.87. The molecule has 2 rings (SSSR count). The summed E-state index contributed by atoms with van der Waals surface area (Å²) in [5, 5.41) is 19.7. The number of aromatic hydroxyl groups is 2. The van der Waals surface area contributed by atoms with Crippen LogP contribution >= 0.6 is 0 Å². The molecule has 0 aliphatic rings. The van der Waals surface area contributed by atoms with E-state index in [-0.39, 0.29) is 11.5 Å². The van der Waals surface area contributed by atoms with Gasteiger partial charge in [-0.3, -0.25) is 0 Å².